The molecule has 0 saturated heterocycles. The molecule has 0 amide bonds. The number of nitrogen functional groups attached to an aromatic ring is 1. The first-order valence-corrected chi connectivity index (χ1v) is 11.6. The molecule has 174 valence electrons. The highest BCUT2D eigenvalue weighted by Crippen LogP contribution is 2.48. The number of aromatic nitrogens is 4. The number of nitrogens with two attached hydrogens (primary N) is 1. The molecule has 3 unspecified atom stereocenters. The number of anilines is 1. The van der Waals surface area contributed by atoms with Crippen molar-refractivity contribution in [2.24, 2.45) is 5.92 Å². The Balaban J connectivity index is 1.47. The van der Waals surface area contributed by atoms with Gasteiger partial charge in [0.1, 0.15) is 18.1 Å². The van der Waals surface area contributed by atoms with E-state index in [0.29, 0.717) is 17.8 Å². The fourth-order valence-electron chi connectivity index (χ4n) is 3.13. The average molecular weight is 474 g/mol. The van der Waals surface area contributed by atoms with Gasteiger partial charge in [-0.1, -0.05) is 18.2 Å². The number of nitrogens with zero attached hydrogens (tertiary/aromatic N) is 3. The monoisotopic (exact) mass is 474 g/mol. The van der Waals surface area contributed by atoms with E-state index in [1.54, 1.807) is 41.1 Å². The van der Waals surface area contributed by atoms with Gasteiger partial charge in [-0.25, -0.2) is 9.55 Å². The molecule has 12 nitrogen and oxygen atoms in total. The number of nitrogens with one attached hydrogen (secondary N) is 2. The van der Waals surface area contributed by atoms with Gasteiger partial charge >= 0.3 is 13.7 Å². The lowest BCUT2D eigenvalue weighted by atomic mass is 10.3. The van der Waals surface area contributed by atoms with Crippen molar-refractivity contribution in [3.8, 4) is 5.75 Å². The van der Waals surface area contributed by atoms with E-state index in [-0.39, 0.29) is 24.0 Å². The van der Waals surface area contributed by atoms with Crippen LogP contribution in [-0.2, 0) is 18.6 Å². The second kappa shape index (κ2) is 9.18. The summed E-state index contributed by atoms with van der Waals surface area (Å²) in [6, 6.07) is 7.60. The lowest BCUT2D eigenvalue weighted by molar-refractivity contribution is -0.142. The molecule has 4 N–H and O–H groups in total. The van der Waals surface area contributed by atoms with Crippen LogP contribution < -0.4 is 20.9 Å². The van der Waals surface area contributed by atoms with Crippen molar-refractivity contribution in [3.05, 3.63) is 52.6 Å². The molecule has 1 fully saturated rings. The highest BCUT2D eigenvalue weighted by atomic mass is 31.2. The van der Waals surface area contributed by atoms with Crippen molar-refractivity contribution in [2.75, 3.05) is 19.5 Å². The van der Waals surface area contributed by atoms with E-state index < -0.39 is 25.3 Å². The number of aromatic amines is 1. The number of benzene rings is 1. The molecule has 1 aliphatic rings. The van der Waals surface area contributed by atoms with E-state index in [1.807, 2.05) is 0 Å². The van der Waals surface area contributed by atoms with Crippen molar-refractivity contribution in [1.29, 1.82) is 0 Å². The molecule has 0 aliphatic heterocycles. The van der Waals surface area contributed by atoms with Gasteiger partial charge in [-0.05, 0) is 31.1 Å². The number of rotatable bonds is 9. The van der Waals surface area contributed by atoms with Crippen LogP contribution in [0.3, 0.4) is 0 Å². The van der Waals surface area contributed by atoms with Crippen LogP contribution in [0.25, 0.3) is 17.4 Å². The van der Waals surface area contributed by atoms with Crippen LogP contribution in [0.5, 0.6) is 5.75 Å². The van der Waals surface area contributed by atoms with Crippen molar-refractivity contribution < 1.29 is 23.1 Å². The van der Waals surface area contributed by atoms with Crippen molar-refractivity contribution in [3.63, 3.8) is 0 Å². The molecule has 0 bridgehead atoms. The van der Waals surface area contributed by atoms with Crippen LogP contribution in [0.15, 0.2) is 47.0 Å². The van der Waals surface area contributed by atoms with Gasteiger partial charge in [0.2, 0.25) is 5.95 Å². The largest absolute Gasteiger partial charge is 0.468 e. The van der Waals surface area contributed by atoms with Crippen molar-refractivity contribution in [1.82, 2.24) is 24.6 Å². The van der Waals surface area contributed by atoms with Crippen LogP contribution in [0, 0.1) is 5.92 Å². The number of imidazole rings is 1. The fourth-order valence-corrected chi connectivity index (χ4v) is 4.67. The minimum absolute atomic E-state index is 0.00636. The Hall–Kier alpha value is -3.47. The highest BCUT2D eigenvalue weighted by molar-refractivity contribution is 7.52. The van der Waals surface area contributed by atoms with E-state index in [4.69, 9.17) is 14.8 Å². The number of esters is 1. The number of H-pyrrole nitrogens is 1. The minimum atomic E-state index is -3.90. The molecular formula is C20H23N6O6P. The second-order valence-electron chi connectivity index (χ2n) is 7.45. The van der Waals surface area contributed by atoms with Gasteiger partial charge in [0.25, 0.3) is 5.56 Å². The van der Waals surface area contributed by atoms with E-state index in [1.165, 1.54) is 20.4 Å². The summed E-state index contributed by atoms with van der Waals surface area (Å²) >= 11 is 0. The number of para-hydroxylation sites is 1. The van der Waals surface area contributed by atoms with Crippen LogP contribution in [0.2, 0.25) is 0 Å². The third-order valence-corrected chi connectivity index (χ3v) is 6.57. The summed E-state index contributed by atoms with van der Waals surface area (Å²) in [7, 11) is -2.66. The molecular weight excluding hydrogens is 451 g/mol. The molecule has 1 saturated carbocycles. The zero-order chi connectivity index (χ0) is 23.6. The Morgan fingerprint density at radius 2 is 2.18 bits per heavy atom. The topological polar surface area (TPSA) is 163 Å². The van der Waals surface area contributed by atoms with Crippen LogP contribution >= 0.6 is 7.75 Å². The van der Waals surface area contributed by atoms with E-state index in [9.17, 15) is 14.2 Å². The number of fused-ring (bicyclic) bond motifs is 1. The molecule has 2 aromatic heterocycles. The van der Waals surface area contributed by atoms with Crippen LogP contribution in [0.4, 0.5) is 5.95 Å². The van der Waals surface area contributed by atoms with Gasteiger partial charge in [-0.2, -0.15) is 10.1 Å². The Labute approximate surface area is 188 Å². The number of carbonyl (C=O) groups excluding carboxylic acids is 1. The molecule has 3 atom stereocenters. The standard InChI is InChI=1S/C20H23N6O6P/c1-12(19(28)30-2)25-33(29,32-15-6-4-3-5-7-15)31-10-14-8-13(14)9-26-11-22-16-17(26)23-20(21)24-18(16)27/h3-7,9,11-12,14H,8,10H2,1-2H3,(H,25,29)(H3,21,23,24,27)/b13-9-. The molecule has 0 spiro atoms. The van der Waals surface area contributed by atoms with Crippen LogP contribution in [0.1, 0.15) is 13.3 Å². The van der Waals surface area contributed by atoms with Crippen molar-refractivity contribution in [2.45, 2.75) is 19.4 Å². The predicted octanol–water partition coefficient (Wildman–Crippen LogP) is 1.92. The van der Waals surface area contributed by atoms with Gasteiger partial charge < -0.3 is 15.0 Å². The van der Waals surface area contributed by atoms with E-state index >= 15 is 0 Å². The van der Waals surface area contributed by atoms with Gasteiger partial charge in [-0.3, -0.25) is 23.7 Å². The zero-order valence-electron chi connectivity index (χ0n) is 17.9. The maximum Gasteiger partial charge on any atom is 0.459 e. The first kappa shape index (κ1) is 22.7. The summed E-state index contributed by atoms with van der Waals surface area (Å²) in [6.07, 6.45) is 3.93. The third-order valence-electron chi connectivity index (χ3n) is 4.92. The Morgan fingerprint density at radius 1 is 1.42 bits per heavy atom. The number of ether oxygens (including phenoxy) is 1. The molecule has 1 aliphatic carbocycles. The Kier molecular flexibility index (Phi) is 6.32. The average Bonchev–Trinajstić information content (AvgIpc) is 3.41. The first-order valence-electron chi connectivity index (χ1n) is 10.1. The predicted molar refractivity (Wildman–Crippen MR) is 120 cm³/mol. The highest BCUT2D eigenvalue weighted by Gasteiger charge is 2.37. The summed E-state index contributed by atoms with van der Waals surface area (Å²) in [4.78, 5) is 34.3. The number of hydrogen-bond acceptors (Lipinski definition) is 9. The lowest BCUT2D eigenvalue weighted by Gasteiger charge is -2.22. The van der Waals surface area contributed by atoms with Gasteiger partial charge in [-0.15, -0.1) is 0 Å². The number of methoxy groups -OCH3 is 1. The minimum Gasteiger partial charge on any atom is -0.468 e. The molecule has 2 heterocycles. The molecule has 0 radical (unpaired) electrons. The van der Waals surface area contributed by atoms with Crippen molar-refractivity contribution >= 4 is 37.0 Å². The maximum absolute atomic E-state index is 13.4. The van der Waals surface area contributed by atoms with Gasteiger partial charge in [0.05, 0.1) is 13.7 Å². The molecule has 13 heteroatoms. The smallest absolute Gasteiger partial charge is 0.459 e. The zero-order valence-corrected chi connectivity index (χ0v) is 18.8. The summed E-state index contributed by atoms with van der Waals surface area (Å²) in [5.74, 6) is -0.315. The quantitative estimate of drug-likeness (QED) is 0.308. The lowest BCUT2D eigenvalue weighted by Crippen LogP contribution is -2.34. The number of carbonyl (C=O) groups is 1. The molecule has 4 rings (SSSR count). The summed E-state index contributed by atoms with van der Waals surface area (Å²) in [6.45, 7) is 1.59. The van der Waals surface area contributed by atoms with Crippen LogP contribution in [-0.4, -0.2) is 45.2 Å². The van der Waals surface area contributed by atoms with E-state index in [2.05, 4.69) is 24.8 Å². The summed E-state index contributed by atoms with van der Waals surface area (Å²) < 4.78 is 30.9. The van der Waals surface area contributed by atoms with Gasteiger partial charge in [0, 0.05) is 12.1 Å². The first-order chi connectivity index (χ1) is 15.8. The SMILES string of the molecule is COC(=O)C(C)NP(=O)(OCC1C/C1=C/n1cnc2c(=O)[nH]c(N)nc21)Oc1ccccc1. The van der Waals surface area contributed by atoms with E-state index in [0.717, 1.165) is 5.57 Å². The second-order valence-corrected chi connectivity index (χ2v) is 9.15. The summed E-state index contributed by atoms with van der Waals surface area (Å²) in [5.41, 5.74) is 6.69. The molecule has 3 aromatic rings. The maximum atomic E-state index is 13.4. The molecule has 1 aromatic carbocycles. The Bertz CT molecular complexity index is 1300. The fraction of sp³-hybridized carbons (Fsp3) is 0.300. The summed E-state index contributed by atoms with van der Waals surface area (Å²) in [5, 5.41) is 2.61. The normalized spacial score (nSPS) is 19.2. The number of hydrogen-bond donors (Lipinski definition) is 3. The Morgan fingerprint density at radius 3 is 2.91 bits per heavy atom. The van der Waals surface area contributed by atoms with Gasteiger partial charge in [0.15, 0.2) is 11.2 Å². The third kappa shape index (κ3) is 5.30. The molecule has 33 heavy (non-hydrogen) atoms.